The maximum Gasteiger partial charge on any atom is 0.146 e. The Balaban J connectivity index is 1.97. The topological polar surface area (TPSA) is 49.1 Å². The van der Waals surface area contributed by atoms with Crippen molar-refractivity contribution in [3.63, 3.8) is 0 Å². The quantitative estimate of drug-likeness (QED) is 0.865. The van der Waals surface area contributed by atoms with Gasteiger partial charge in [-0.15, -0.1) is 0 Å². The summed E-state index contributed by atoms with van der Waals surface area (Å²) >= 11 is 0. The maximum atomic E-state index is 9.28. The summed E-state index contributed by atoms with van der Waals surface area (Å²) in [4.78, 5) is 6.65. The van der Waals surface area contributed by atoms with E-state index in [0.717, 1.165) is 31.0 Å². The minimum Gasteiger partial charge on any atom is -0.497 e. The van der Waals surface area contributed by atoms with E-state index in [-0.39, 0.29) is 6.04 Å². The van der Waals surface area contributed by atoms with Crippen molar-refractivity contribution in [1.82, 2.24) is 4.98 Å². The summed E-state index contributed by atoms with van der Waals surface area (Å²) < 4.78 is 5.31. The molecule has 21 heavy (non-hydrogen) atoms. The van der Waals surface area contributed by atoms with Crippen LogP contribution in [0.5, 0.6) is 5.75 Å². The number of anilines is 1. The smallest absolute Gasteiger partial charge is 0.146 e. The van der Waals surface area contributed by atoms with Gasteiger partial charge in [0.1, 0.15) is 17.6 Å². The van der Waals surface area contributed by atoms with Crippen LogP contribution in [0, 0.1) is 11.3 Å². The van der Waals surface area contributed by atoms with Gasteiger partial charge in [-0.2, -0.15) is 5.26 Å². The van der Waals surface area contributed by atoms with Gasteiger partial charge in [-0.3, -0.25) is 0 Å². The van der Waals surface area contributed by atoms with Crippen LogP contribution < -0.4 is 9.64 Å². The van der Waals surface area contributed by atoms with Crippen LogP contribution in [-0.4, -0.2) is 18.6 Å². The standard InChI is InChI=1S/C17H17N3O/c1-21-15-7-2-5-13(11-15)16-8-4-10-20(16)17-14(12-18)6-3-9-19-17/h2-3,5-7,9,11,16H,4,8,10H2,1H3. The van der Waals surface area contributed by atoms with Crippen LogP contribution in [0.15, 0.2) is 42.6 Å². The number of hydrogen-bond donors (Lipinski definition) is 0. The Morgan fingerprint density at radius 2 is 2.24 bits per heavy atom. The fourth-order valence-corrected chi connectivity index (χ4v) is 2.93. The van der Waals surface area contributed by atoms with Gasteiger partial charge in [0, 0.05) is 12.7 Å². The highest BCUT2D eigenvalue weighted by Crippen LogP contribution is 2.37. The Morgan fingerprint density at radius 1 is 1.33 bits per heavy atom. The zero-order chi connectivity index (χ0) is 14.7. The summed E-state index contributed by atoms with van der Waals surface area (Å²) in [5.74, 6) is 1.64. The first-order chi connectivity index (χ1) is 10.3. The second-order valence-electron chi connectivity index (χ2n) is 5.11. The lowest BCUT2D eigenvalue weighted by molar-refractivity contribution is 0.414. The third-order valence-electron chi connectivity index (χ3n) is 3.91. The summed E-state index contributed by atoms with van der Waals surface area (Å²) in [6, 6.07) is 14.3. The lowest BCUT2D eigenvalue weighted by atomic mass is 10.0. The van der Waals surface area contributed by atoms with Gasteiger partial charge in [-0.1, -0.05) is 12.1 Å². The maximum absolute atomic E-state index is 9.28. The molecule has 0 saturated carbocycles. The van der Waals surface area contributed by atoms with E-state index in [1.54, 1.807) is 19.4 Å². The van der Waals surface area contributed by atoms with Crippen LogP contribution in [0.1, 0.15) is 30.0 Å². The van der Waals surface area contributed by atoms with E-state index in [1.165, 1.54) is 5.56 Å². The molecule has 1 unspecified atom stereocenters. The molecular formula is C17H17N3O. The molecule has 0 spiro atoms. The van der Waals surface area contributed by atoms with Crippen LogP contribution in [0.25, 0.3) is 0 Å². The molecule has 0 amide bonds. The van der Waals surface area contributed by atoms with Gasteiger partial charge in [0.2, 0.25) is 0 Å². The molecule has 1 aliphatic heterocycles. The third kappa shape index (κ3) is 2.55. The Hall–Kier alpha value is -2.54. The number of aromatic nitrogens is 1. The Labute approximate surface area is 124 Å². The van der Waals surface area contributed by atoms with Crippen molar-refractivity contribution in [3.05, 3.63) is 53.7 Å². The second kappa shape index (κ2) is 5.84. The average molecular weight is 279 g/mol. The zero-order valence-electron chi connectivity index (χ0n) is 12.0. The number of methoxy groups -OCH3 is 1. The van der Waals surface area contributed by atoms with Crippen LogP contribution in [0.3, 0.4) is 0 Å². The number of nitriles is 1. The number of nitrogens with zero attached hydrogens (tertiary/aromatic N) is 3. The first-order valence-electron chi connectivity index (χ1n) is 7.09. The molecule has 0 bridgehead atoms. The lowest BCUT2D eigenvalue weighted by Gasteiger charge is -2.27. The largest absolute Gasteiger partial charge is 0.497 e. The van der Waals surface area contributed by atoms with Crippen molar-refractivity contribution >= 4 is 5.82 Å². The second-order valence-corrected chi connectivity index (χ2v) is 5.11. The van der Waals surface area contributed by atoms with Crippen LogP contribution in [0.4, 0.5) is 5.82 Å². The van der Waals surface area contributed by atoms with E-state index >= 15 is 0 Å². The summed E-state index contributed by atoms with van der Waals surface area (Å²) in [6.07, 6.45) is 3.91. The highest BCUT2D eigenvalue weighted by Gasteiger charge is 2.28. The average Bonchev–Trinajstić information content (AvgIpc) is 3.04. The van der Waals surface area contributed by atoms with Crippen molar-refractivity contribution in [2.75, 3.05) is 18.6 Å². The first-order valence-corrected chi connectivity index (χ1v) is 7.09. The molecule has 3 rings (SSSR count). The van der Waals surface area contributed by atoms with E-state index in [2.05, 4.69) is 28.1 Å². The molecule has 1 aliphatic rings. The Bertz CT molecular complexity index is 678. The third-order valence-corrected chi connectivity index (χ3v) is 3.91. The SMILES string of the molecule is COc1cccc(C2CCCN2c2ncccc2C#N)c1. The van der Waals surface area contributed by atoms with Gasteiger partial charge in [0.05, 0.1) is 18.7 Å². The first kappa shape index (κ1) is 13.4. The summed E-state index contributed by atoms with van der Waals surface area (Å²) in [6.45, 7) is 0.924. The molecule has 1 fully saturated rings. The van der Waals surface area contributed by atoms with Crippen LogP contribution in [-0.2, 0) is 0 Å². The molecule has 2 aromatic rings. The molecule has 106 valence electrons. The number of hydrogen-bond acceptors (Lipinski definition) is 4. The van der Waals surface area contributed by atoms with E-state index in [1.807, 2.05) is 18.2 Å². The van der Waals surface area contributed by atoms with Crippen molar-refractivity contribution in [1.29, 1.82) is 5.26 Å². The molecule has 2 heterocycles. The summed E-state index contributed by atoms with van der Waals surface area (Å²) in [5.41, 5.74) is 1.84. The van der Waals surface area contributed by atoms with Crippen molar-refractivity contribution < 1.29 is 4.74 Å². The fraction of sp³-hybridized carbons (Fsp3) is 0.294. The van der Waals surface area contributed by atoms with Gasteiger partial charge < -0.3 is 9.64 Å². The van der Waals surface area contributed by atoms with Crippen molar-refractivity contribution in [2.45, 2.75) is 18.9 Å². The molecule has 1 aromatic heterocycles. The van der Waals surface area contributed by atoms with E-state index in [9.17, 15) is 5.26 Å². The molecule has 0 aliphatic carbocycles. The number of ether oxygens (including phenoxy) is 1. The molecule has 0 N–H and O–H groups in total. The summed E-state index contributed by atoms with van der Waals surface area (Å²) in [5, 5.41) is 9.28. The predicted molar refractivity (Wildman–Crippen MR) is 81.3 cm³/mol. The van der Waals surface area contributed by atoms with E-state index in [0.29, 0.717) is 5.56 Å². The Morgan fingerprint density at radius 3 is 3.05 bits per heavy atom. The fourth-order valence-electron chi connectivity index (χ4n) is 2.93. The summed E-state index contributed by atoms with van der Waals surface area (Å²) in [7, 11) is 1.68. The molecule has 4 nitrogen and oxygen atoms in total. The van der Waals surface area contributed by atoms with Gasteiger partial charge in [-0.25, -0.2) is 4.98 Å². The van der Waals surface area contributed by atoms with Gasteiger partial charge >= 0.3 is 0 Å². The Kier molecular flexibility index (Phi) is 3.74. The lowest BCUT2D eigenvalue weighted by Crippen LogP contribution is -2.24. The molecule has 1 atom stereocenters. The predicted octanol–water partition coefficient (Wildman–Crippen LogP) is 3.30. The minimum absolute atomic E-state index is 0.252. The van der Waals surface area contributed by atoms with E-state index < -0.39 is 0 Å². The molecule has 1 aromatic carbocycles. The monoisotopic (exact) mass is 279 g/mol. The molecular weight excluding hydrogens is 262 g/mol. The van der Waals surface area contributed by atoms with E-state index in [4.69, 9.17) is 4.74 Å². The molecule has 0 radical (unpaired) electrons. The normalized spacial score (nSPS) is 17.5. The molecule has 1 saturated heterocycles. The van der Waals surface area contributed by atoms with Gasteiger partial charge in [0.15, 0.2) is 0 Å². The van der Waals surface area contributed by atoms with Gasteiger partial charge in [0.25, 0.3) is 0 Å². The van der Waals surface area contributed by atoms with Crippen molar-refractivity contribution in [2.24, 2.45) is 0 Å². The number of rotatable bonds is 3. The highest BCUT2D eigenvalue weighted by molar-refractivity contribution is 5.56. The van der Waals surface area contributed by atoms with Gasteiger partial charge in [-0.05, 0) is 42.7 Å². The molecule has 4 heteroatoms. The van der Waals surface area contributed by atoms with Crippen molar-refractivity contribution in [3.8, 4) is 11.8 Å². The van der Waals surface area contributed by atoms with Crippen LogP contribution in [0.2, 0.25) is 0 Å². The van der Waals surface area contributed by atoms with Crippen LogP contribution >= 0.6 is 0 Å². The number of benzene rings is 1. The zero-order valence-corrected chi connectivity index (χ0v) is 12.0. The minimum atomic E-state index is 0.252. The highest BCUT2D eigenvalue weighted by atomic mass is 16.5. The number of pyridine rings is 1.